The standard InChI is InChI=1S/C5H5Cl2N3.ClH/c6-4-1-3(2-8)5(7)10-9-4;/h1H,2,8H2;1H. The highest BCUT2D eigenvalue weighted by Gasteiger charge is 2.00. The predicted molar refractivity (Wildman–Crippen MR) is 47.2 cm³/mol. The van der Waals surface area contributed by atoms with Crippen LogP contribution in [0.25, 0.3) is 0 Å². The fourth-order valence-corrected chi connectivity index (χ4v) is 0.870. The van der Waals surface area contributed by atoms with E-state index in [1.165, 1.54) is 0 Å². The SMILES string of the molecule is Cl.NCc1cc(Cl)nnc1Cl. The number of nitrogens with zero attached hydrogens (tertiary/aromatic N) is 2. The summed E-state index contributed by atoms with van der Waals surface area (Å²) in [6.45, 7) is 0.327. The van der Waals surface area contributed by atoms with Gasteiger partial charge in [0.05, 0.1) is 0 Å². The van der Waals surface area contributed by atoms with Gasteiger partial charge >= 0.3 is 0 Å². The molecule has 0 saturated heterocycles. The van der Waals surface area contributed by atoms with Gasteiger partial charge in [0.2, 0.25) is 0 Å². The molecule has 0 saturated carbocycles. The zero-order valence-electron chi connectivity index (χ0n) is 5.42. The van der Waals surface area contributed by atoms with Gasteiger partial charge in [0.1, 0.15) is 0 Å². The fourth-order valence-electron chi connectivity index (χ4n) is 0.531. The molecule has 6 heteroatoms. The maximum atomic E-state index is 5.58. The Hall–Kier alpha value is -0.0900. The molecule has 0 spiro atoms. The van der Waals surface area contributed by atoms with E-state index in [1.54, 1.807) is 6.07 Å². The van der Waals surface area contributed by atoms with Crippen LogP contribution < -0.4 is 5.73 Å². The molecular weight excluding hydrogens is 208 g/mol. The molecule has 0 atom stereocenters. The van der Waals surface area contributed by atoms with Gasteiger partial charge in [0, 0.05) is 12.1 Å². The van der Waals surface area contributed by atoms with Gasteiger partial charge in [-0.3, -0.25) is 0 Å². The fraction of sp³-hybridized carbons (Fsp3) is 0.200. The molecule has 1 aromatic heterocycles. The van der Waals surface area contributed by atoms with Gasteiger partial charge in [-0.1, -0.05) is 23.2 Å². The van der Waals surface area contributed by atoms with Gasteiger partial charge in [0.25, 0.3) is 0 Å². The second kappa shape index (κ2) is 4.72. The number of nitrogens with two attached hydrogens (primary N) is 1. The Bertz CT molecular complexity index is 240. The van der Waals surface area contributed by atoms with Crippen LogP contribution in [0.2, 0.25) is 10.3 Å². The van der Waals surface area contributed by atoms with Gasteiger partial charge in [-0.15, -0.1) is 22.6 Å². The molecule has 11 heavy (non-hydrogen) atoms. The Morgan fingerprint density at radius 3 is 2.45 bits per heavy atom. The summed E-state index contributed by atoms with van der Waals surface area (Å²) in [4.78, 5) is 0. The van der Waals surface area contributed by atoms with E-state index in [0.29, 0.717) is 22.4 Å². The molecule has 1 aromatic rings. The lowest BCUT2D eigenvalue weighted by Gasteiger charge is -1.96. The van der Waals surface area contributed by atoms with E-state index in [-0.39, 0.29) is 12.4 Å². The summed E-state index contributed by atoms with van der Waals surface area (Å²) in [5.74, 6) is 0. The quantitative estimate of drug-likeness (QED) is 0.774. The lowest BCUT2D eigenvalue weighted by molar-refractivity contribution is 0.967. The number of halogens is 3. The molecule has 0 aliphatic carbocycles. The van der Waals surface area contributed by atoms with Crippen molar-refractivity contribution in [2.24, 2.45) is 5.73 Å². The highest BCUT2D eigenvalue weighted by atomic mass is 35.5. The van der Waals surface area contributed by atoms with Crippen LogP contribution in [0.3, 0.4) is 0 Å². The molecule has 3 nitrogen and oxygen atoms in total. The van der Waals surface area contributed by atoms with E-state index < -0.39 is 0 Å². The molecular formula is C5H6Cl3N3. The molecule has 1 heterocycles. The van der Waals surface area contributed by atoms with Crippen molar-refractivity contribution in [3.8, 4) is 0 Å². The monoisotopic (exact) mass is 213 g/mol. The Balaban J connectivity index is 0.000001000. The molecule has 0 unspecified atom stereocenters. The van der Waals surface area contributed by atoms with Crippen molar-refractivity contribution in [2.75, 3.05) is 0 Å². The van der Waals surface area contributed by atoms with Crippen LogP contribution in [0.4, 0.5) is 0 Å². The van der Waals surface area contributed by atoms with Crippen LogP contribution in [-0.2, 0) is 6.54 Å². The lowest BCUT2D eigenvalue weighted by Crippen LogP contribution is -1.99. The normalized spacial score (nSPS) is 9.00. The third-order valence-corrected chi connectivity index (χ3v) is 1.51. The van der Waals surface area contributed by atoms with E-state index in [1.807, 2.05) is 0 Å². The van der Waals surface area contributed by atoms with Crippen LogP contribution in [0.1, 0.15) is 5.56 Å². The van der Waals surface area contributed by atoms with Crippen molar-refractivity contribution in [3.63, 3.8) is 0 Å². The molecule has 0 aliphatic rings. The van der Waals surface area contributed by atoms with E-state index in [9.17, 15) is 0 Å². The minimum atomic E-state index is 0. The minimum Gasteiger partial charge on any atom is -0.326 e. The van der Waals surface area contributed by atoms with Gasteiger partial charge in [0.15, 0.2) is 10.3 Å². The predicted octanol–water partition coefficient (Wildman–Crippen LogP) is 1.66. The van der Waals surface area contributed by atoms with Crippen LogP contribution in [-0.4, -0.2) is 10.2 Å². The minimum absolute atomic E-state index is 0. The number of rotatable bonds is 1. The number of aromatic nitrogens is 2. The Kier molecular flexibility index (Phi) is 4.68. The first-order valence-electron chi connectivity index (χ1n) is 2.61. The zero-order valence-corrected chi connectivity index (χ0v) is 7.75. The van der Waals surface area contributed by atoms with E-state index in [2.05, 4.69) is 10.2 Å². The van der Waals surface area contributed by atoms with Crippen molar-refractivity contribution in [1.29, 1.82) is 0 Å². The highest BCUT2D eigenvalue weighted by Crippen LogP contribution is 2.13. The van der Waals surface area contributed by atoms with Crippen LogP contribution in [0.5, 0.6) is 0 Å². The van der Waals surface area contributed by atoms with Crippen molar-refractivity contribution < 1.29 is 0 Å². The average Bonchev–Trinajstić information content (AvgIpc) is 1.94. The van der Waals surface area contributed by atoms with E-state index >= 15 is 0 Å². The first-order chi connectivity index (χ1) is 4.74. The zero-order chi connectivity index (χ0) is 7.56. The summed E-state index contributed by atoms with van der Waals surface area (Å²) in [5, 5.41) is 7.69. The summed E-state index contributed by atoms with van der Waals surface area (Å²) in [5.41, 5.74) is 6.02. The van der Waals surface area contributed by atoms with Gasteiger partial charge < -0.3 is 5.73 Å². The van der Waals surface area contributed by atoms with Gasteiger partial charge in [-0.05, 0) is 6.07 Å². The van der Waals surface area contributed by atoms with Gasteiger partial charge in [-0.2, -0.15) is 0 Å². The van der Waals surface area contributed by atoms with Crippen molar-refractivity contribution in [2.45, 2.75) is 6.54 Å². The molecule has 0 amide bonds. The summed E-state index contributed by atoms with van der Waals surface area (Å²) < 4.78 is 0. The third kappa shape index (κ3) is 2.79. The smallest absolute Gasteiger partial charge is 0.156 e. The summed E-state index contributed by atoms with van der Waals surface area (Å²) in [6.07, 6.45) is 0. The van der Waals surface area contributed by atoms with Crippen molar-refractivity contribution in [1.82, 2.24) is 10.2 Å². The second-order valence-corrected chi connectivity index (χ2v) is 2.43. The Morgan fingerprint density at radius 1 is 1.36 bits per heavy atom. The first-order valence-corrected chi connectivity index (χ1v) is 3.37. The average molecular weight is 214 g/mol. The number of hydrogen-bond donors (Lipinski definition) is 1. The molecule has 1 rings (SSSR count). The Labute approximate surface area is 80.3 Å². The van der Waals surface area contributed by atoms with Crippen LogP contribution in [0, 0.1) is 0 Å². The van der Waals surface area contributed by atoms with Crippen molar-refractivity contribution >= 4 is 35.6 Å². The summed E-state index contributed by atoms with van der Waals surface area (Å²) in [6, 6.07) is 1.59. The molecule has 0 bridgehead atoms. The summed E-state index contributed by atoms with van der Waals surface area (Å²) in [7, 11) is 0. The summed E-state index contributed by atoms with van der Waals surface area (Å²) >= 11 is 11.1. The first kappa shape index (κ1) is 10.9. The molecule has 62 valence electrons. The number of hydrogen-bond acceptors (Lipinski definition) is 3. The molecule has 0 radical (unpaired) electrons. The second-order valence-electron chi connectivity index (χ2n) is 1.69. The van der Waals surface area contributed by atoms with Gasteiger partial charge in [-0.25, -0.2) is 0 Å². The highest BCUT2D eigenvalue weighted by molar-refractivity contribution is 6.31. The molecule has 2 N–H and O–H groups in total. The van der Waals surface area contributed by atoms with E-state index in [0.717, 1.165) is 0 Å². The largest absolute Gasteiger partial charge is 0.326 e. The van der Waals surface area contributed by atoms with Crippen molar-refractivity contribution in [3.05, 3.63) is 21.9 Å². The maximum Gasteiger partial charge on any atom is 0.156 e. The molecule has 0 aliphatic heterocycles. The Morgan fingerprint density at radius 2 is 2.00 bits per heavy atom. The van der Waals surface area contributed by atoms with Crippen LogP contribution in [0.15, 0.2) is 6.07 Å². The maximum absolute atomic E-state index is 5.58. The van der Waals surface area contributed by atoms with E-state index in [4.69, 9.17) is 28.9 Å². The topological polar surface area (TPSA) is 51.8 Å². The molecule has 0 aromatic carbocycles. The lowest BCUT2D eigenvalue weighted by atomic mass is 10.3. The van der Waals surface area contributed by atoms with Crippen LogP contribution >= 0.6 is 35.6 Å². The third-order valence-electron chi connectivity index (χ3n) is 1.01. The molecule has 0 fully saturated rings.